The van der Waals surface area contributed by atoms with E-state index in [2.05, 4.69) is 26.2 Å². The van der Waals surface area contributed by atoms with Crippen molar-refractivity contribution in [3.63, 3.8) is 0 Å². The molecule has 0 saturated heterocycles. The van der Waals surface area contributed by atoms with E-state index >= 15 is 0 Å². The Morgan fingerprint density at radius 3 is 2.70 bits per heavy atom. The Balaban J connectivity index is 1.61. The molecule has 0 aliphatic heterocycles. The SMILES string of the molecule is Cc1csc(-c2cccc(C(=O)NCC(CO)Cc3ccc(Br)cc3)c2)n1. The topological polar surface area (TPSA) is 62.2 Å². The number of aromatic nitrogens is 1. The molecule has 1 atom stereocenters. The lowest BCUT2D eigenvalue weighted by molar-refractivity contribution is 0.0940. The summed E-state index contributed by atoms with van der Waals surface area (Å²) in [5.41, 5.74) is 3.64. The van der Waals surface area contributed by atoms with Gasteiger partial charge in [-0.05, 0) is 43.2 Å². The van der Waals surface area contributed by atoms with Gasteiger partial charge in [-0.25, -0.2) is 4.98 Å². The normalized spacial score (nSPS) is 12.0. The zero-order valence-corrected chi connectivity index (χ0v) is 17.4. The zero-order valence-electron chi connectivity index (χ0n) is 15.0. The summed E-state index contributed by atoms with van der Waals surface area (Å²) in [6, 6.07) is 15.5. The van der Waals surface area contributed by atoms with Crippen molar-refractivity contribution in [1.82, 2.24) is 10.3 Å². The Morgan fingerprint density at radius 1 is 1.26 bits per heavy atom. The Bertz CT molecular complexity index is 909. The molecule has 0 radical (unpaired) electrons. The molecule has 1 heterocycles. The van der Waals surface area contributed by atoms with Gasteiger partial charge >= 0.3 is 0 Å². The summed E-state index contributed by atoms with van der Waals surface area (Å²) in [5, 5.41) is 15.5. The summed E-state index contributed by atoms with van der Waals surface area (Å²) >= 11 is 4.99. The first kappa shape index (κ1) is 19.7. The van der Waals surface area contributed by atoms with Crippen LogP contribution in [0.15, 0.2) is 58.4 Å². The molecule has 0 saturated carbocycles. The van der Waals surface area contributed by atoms with Gasteiger partial charge in [0.25, 0.3) is 5.91 Å². The minimum absolute atomic E-state index is 0.0226. The highest BCUT2D eigenvalue weighted by atomic mass is 79.9. The number of hydrogen-bond donors (Lipinski definition) is 2. The van der Waals surface area contributed by atoms with Gasteiger partial charge in [0.05, 0.1) is 0 Å². The predicted molar refractivity (Wildman–Crippen MR) is 113 cm³/mol. The van der Waals surface area contributed by atoms with E-state index in [0.29, 0.717) is 18.5 Å². The lowest BCUT2D eigenvalue weighted by Gasteiger charge is -2.15. The zero-order chi connectivity index (χ0) is 19.2. The molecule has 0 aliphatic carbocycles. The predicted octanol–water partition coefficient (Wildman–Crippen LogP) is 4.46. The summed E-state index contributed by atoms with van der Waals surface area (Å²) in [4.78, 5) is 17.0. The molecule has 2 aromatic carbocycles. The summed E-state index contributed by atoms with van der Waals surface area (Å²) in [5.74, 6) is -0.167. The van der Waals surface area contributed by atoms with E-state index in [1.54, 1.807) is 17.4 Å². The smallest absolute Gasteiger partial charge is 0.251 e. The largest absolute Gasteiger partial charge is 0.396 e. The second-order valence-electron chi connectivity index (χ2n) is 6.46. The number of thiazole rings is 1. The van der Waals surface area contributed by atoms with Crippen molar-refractivity contribution in [1.29, 1.82) is 0 Å². The van der Waals surface area contributed by atoms with Crippen molar-refractivity contribution in [3.05, 3.63) is 75.2 Å². The van der Waals surface area contributed by atoms with Gasteiger partial charge < -0.3 is 10.4 Å². The fourth-order valence-electron chi connectivity index (χ4n) is 2.77. The maximum absolute atomic E-state index is 12.5. The molecule has 1 aromatic heterocycles. The first-order valence-electron chi connectivity index (χ1n) is 8.71. The molecule has 140 valence electrons. The second-order valence-corrected chi connectivity index (χ2v) is 8.24. The van der Waals surface area contributed by atoms with Gasteiger partial charge in [0, 0.05) is 45.7 Å². The maximum Gasteiger partial charge on any atom is 0.251 e. The average Bonchev–Trinajstić information content (AvgIpc) is 3.13. The van der Waals surface area contributed by atoms with Crippen LogP contribution in [0.25, 0.3) is 10.6 Å². The number of halogens is 1. The number of hydrogen-bond acceptors (Lipinski definition) is 4. The minimum atomic E-state index is -0.139. The van der Waals surface area contributed by atoms with Crippen LogP contribution in [0.2, 0.25) is 0 Å². The third-order valence-electron chi connectivity index (χ3n) is 4.24. The first-order chi connectivity index (χ1) is 13.0. The van der Waals surface area contributed by atoms with Crippen molar-refractivity contribution in [2.45, 2.75) is 13.3 Å². The van der Waals surface area contributed by atoms with E-state index in [9.17, 15) is 9.90 Å². The number of carbonyl (C=O) groups excluding carboxylic acids is 1. The van der Waals surface area contributed by atoms with Gasteiger partial charge in [-0.1, -0.05) is 40.2 Å². The van der Waals surface area contributed by atoms with Gasteiger partial charge in [0.1, 0.15) is 5.01 Å². The number of aliphatic hydroxyl groups excluding tert-OH is 1. The van der Waals surface area contributed by atoms with Crippen LogP contribution in [0, 0.1) is 12.8 Å². The van der Waals surface area contributed by atoms with E-state index in [4.69, 9.17) is 0 Å². The van der Waals surface area contributed by atoms with Crippen molar-refractivity contribution in [2.75, 3.05) is 13.2 Å². The molecule has 3 aromatic rings. The van der Waals surface area contributed by atoms with Crippen LogP contribution in [-0.4, -0.2) is 29.1 Å². The maximum atomic E-state index is 12.5. The average molecular weight is 445 g/mol. The van der Waals surface area contributed by atoms with Gasteiger partial charge in [-0.2, -0.15) is 0 Å². The van der Waals surface area contributed by atoms with Gasteiger partial charge in [-0.3, -0.25) is 4.79 Å². The van der Waals surface area contributed by atoms with Crippen molar-refractivity contribution < 1.29 is 9.90 Å². The molecule has 0 fully saturated rings. The van der Waals surface area contributed by atoms with Crippen LogP contribution in [0.3, 0.4) is 0 Å². The molecule has 0 aliphatic rings. The van der Waals surface area contributed by atoms with E-state index in [1.165, 1.54) is 0 Å². The summed E-state index contributed by atoms with van der Waals surface area (Å²) in [7, 11) is 0. The number of aliphatic hydroxyl groups is 1. The molecule has 27 heavy (non-hydrogen) atoms. The molecular weight excluding hydrogens is 424 g/mol. The van der Waals surface area contributed by atoms with Crippen LogP contribution < -0.4 is 5.32 Å². The highest BCUT2D eigenvalue weighted by Gasteiger charge is 2.13. The van der Waals surface area contributed by atoms with Crippen LogP contribution >= 0.6 is 27.3 Å². The summed E-state index contributed by atoms with van der Waals surface area (Å²) in [6.45, 7) is 2.40. The van der Waals surface area contributed by atoms with Crippen LogP contribution in [-0.2, 0) is 6.42 Å². The number of amides is 1. The molecule has 6 heteroatoms. The second kappa shape index (κ2) is 9.26. The number of nitrogens with zero attached hydrogens (tertiary/aromatic N) is 1. The first-order valence-corrected chi connectivity index (χ1v) is 10.4. The van der Waals surface area contributed by atoms with Gasteiger partial charge in [-0.15, -0.1) is 11.3 Å². The lowest BCUT2D eigenvalue weighted by atomic mass is 10.00. The Hall–Kier alpha value is -2.02. The van der Waals surface area contributed by atoms with Gasteiger partial charge in [0.15, 0.2) is 0 Å². The van der Waals surface area contributed by atoms with Gasteiger partial charge in [0.2, 0.25) is 0 Å². The Kier molecular flexibility index (Phi) is 6.77. The van der Waals surface area contributed by atoms with Crippen LogP contribution in [0.5, 0.6) is 0 Å². The highest BCUT2D eigenvalue weighted by molar-refractivity contribution is 9.10. The third kappa shape index (κ3) is 5.48. The number of aryl methyl sites for hydroxylation is 1. The molecule has 0 bridgehead atoms. The minimum Gasteiger partial charge on any atom is -0.396 e. The number of benzene rings is 2. The molecule has 4 nitrogen and oxygen atoms in total. The third-order valence-corrected chi connectivity index (χ3v) is 5.78. The standard InChI is InChI=1S/C21H21BrN2O2S/c1-14-13-27-21(24-14)18-4-2-3-17(10-18)20(26)23-11-16(12-25)9-15-5-7-19(22)8-6-15/h2-8,10,13,16,25H,9,11-12H2,1H3,(H,23,26). The number of rotatable bonds is 7. The highest BCUT2D eigenvalue weighted by Crippen LogP contribution is 2.24. The number of carbonyl (C=O) groups is 1. The summed E-state index contributed by atoms with van der Waals surface area (Å²) in [6.07, 6.45) is 0.711. The fraction of sp³-hybridized carbons (Fsp3) is 0.238. The van der Waals surface area contributed by atoms with Crippen molar-refractivity contribution in [3.8, 4) is 10.6 Å². The number of nitrogens with one attached hydrogen (secondary N) is 1. The van der Waals surface area contributed by atoms with Crippen molar-refractivity contribution >= 4 is 33.2 Å². The summed E-state index contributed by atoms with van der Waals surface area (Å²) < 4.78 is 1.02. The molecule has 1 amide bonds. The van der Waals surface area contributed by atoms with E-state index in [-0.39, 0.29) is 18.4 Å². The molecule has 1 unspecified atom stereocenters. The van der Waals surface area contributed by atoms with E-state index < -0.39 is 0 Å². The Morgan fingerprint density at radius 2 is 2.04 bits per heavy atom. The fourth-order valence-corrected chi connectivity index (χ4v) is 3.83. The molecular formula is C21H21BrN2O2S. The van der Waals surface area contributed by atoms with E-state index in [0.717, 1.165) is 26.3 Å². The quantitative estimate of drug-likeness (QED) is 0.565. The van der Waals surface area contributed by atoms with Crippen LogP contribution in [0.4, 0.5) is 0 Å². The van der Waals surface area contributed by atoms with Crippen molar-refractivity contribution in [2.24, 2.45) is 5.92 Å². The van der Waals surface area contributed by atoms with E-state index in [1.807, 2.05) is 54.8 Å². The Labute approximate surface area is 171 Å². The molecule has 3 rings (SSSR count). The van der Waals surface area contributed by atoms with Crippen LogP contribution in [0.1, 0.15) is 21.6 Å². The molecule has 0 spiro atoms. The monoisotopic (exact) mass is 444 g/mol. The molecule has 2 N–H and O–H groups in total. The lowest BCUT2D eigenvalue weighted by Crippen LogP contribution is -2.31.